The Morgan fingerprint density at radius 3 is 2.21 bits per heavy atom. The van der Waals surface area contributed by atoms with Crippen LogP contribution in [-0.4, -0.2) is 26.7 Å². The van der Waals surface area contributed by atoms with Crippen LogP contribution in [0.3, 0.4) is 0 Å². The lowest BCUT2D eigenvalue weighted by Crippen LogP contribution is -2.21. The summed E-state index contributed by atoms with van der Waals surface area (Å²) in [5.41, 5.74) is 0.464. The van der Waals surface area contributed by atoms with Crippen molar-refractivity contribution in [2.24, 2.45) is 0 Å². The van der Waals surface area contributed by atoms with Crippen LogP contribution in [0, 0.1) is 0 Å². The van der Waals surface area contributed by atoms with Gasteiger partial charge in [-0.25, -0.2) is 4.79 Å². The molecular formula is C10H12O4. The van der Waals surface area contributed by atoms with Crippen LogP contribution in [0.1, 0.15) is 10.4 Å². The summed E-state index contributed by atoms with van der Waals surface area (Å²) in [6, 6.07) is 8.65. The summed E-state index contributed by atoms with van der Waals surface area (Å²) >= 11 is 0. The molecule has 0 aliphatic carbocycles. The lowest BCUT2D eigenvalue weighted by molar-refractivity contribution is -0.235. The number of ether oxygens (including phenoxy) is 3. The first kappa shape index (κ1) is 10.7. The first-order valence-electron chi connectivity index (χ1n) is 4.09. The summed E-state index contributed by atoms with van der Waals surface area (Å²) in [6.45, 7) is -0.956. The molecular weight excluding hydrogens is 184 g/mol. The SMILES string of the molecule is COC(OC)OC(=O)c1ccccc1. The van der Waals surface area contributed by atoms with Gasteiger partial charge in [0.1, 0.15) is 0 Å². The van der Waals surface area contributed by atoms with Crippen molar-refractivity contribution >= 4 is 5.97 Å². The second-order valence-electron chi connectivity index (χ2n) is 2.53. The van der Waals surface area contributed by atoms with Gasteiger partial charge in [0.2, 0.25) is 0 Å². The van der Waals surface area contributed by atoms with Gasteiger partial charge in [-0.05, 0) is 12.1 Å². The van der Waals surface area contributed by atoms with Gasteiger partial charge in [0.05, 0.1) is 5.56 Å². The number of methoxy groups -OCH3 is 2. The Hall–Kier alpha value is -1.39. The second-order valence-corrected chi connectivity index (χ2v) is 2.53. The minimum absolute atomic E-state index is 0.464. The van der Waals surface area contributed by atoms with Gasteiger partial charge >= 0.3 is 12.4 Å². The molecule has 0 bridgehead atoms. The van der Waals surface area contributed by atoms with Crippen molar-refractivity contribution in [3.05, 3.63) is 35.9 Å². The first-order chi connectivity index (χ1) is 6.77. The number of carbonyl (C=O) groups is 1. The minimum atomic E-state index is -0.956. The van der Waals surface area contributed by atoms with E-state index < -0.39 is 12.4 Å². The molecule has 76 valence electrons. The summed E-state index contributed by atoms with van der Waals surface area (Å²) in [6.07, 6.45) is 0. The maximum atomic E-state index is 11.4. The Morgan fingerprint density at radius 2 is 1.71 bits per heavy atom. The Kier molecular flexibility index (Phi) is 4.10. The van der Waals surface area contributed by atoms with E-state index in [0.29, 0.717) is 5.56 Å². The van der Waals surface area contributed by atoms with Crippen LogP contribution in [0.5, 0.6) is 0 Å². The van der Waals surface area contributed by atoms with Gasteiger partial charge in [0.25, 0.3) is 0 Å². The van der Waals surface area contributed by atoms with Crippen LogP contribution < -0.4 is 0 Å². The van der Waals surface area contributed by atoms with Gasteiger partial charge in [-0.1, -0.05) is 18.2 Å². The Labute approximate surface area is 82.4 Å². The van der Waals surface area contributed by atoms with Gasteiger partial charge in [0.15, 0.2) is 0 Å². The number of benzene rings is 1. The Morgan fingerprint density at radius 1 is 1.14 bits per heavy atom. The summed E-state index contributed by atoms with van der Waals surface area (Å²) in [7, 11) is 2.79. The van der Waals surface area contributed by atoms with E-state index in [4.69, 9.17) is 14.2 Å². The third-order valence-electron chi connectivity index (χ3n) is 1.60. The number of esters is 1. The molecule has 1 aromatic carbocycles. The quantitative estimate of drug-likeness (QED) is 0.539. The molecule has 4 nitrogen and oxygen atoms in total. The smallest absolute Gasteiger partial charge is 0.342 e. The molecule has 0 fully saturated rings. The standard InChI is InChI=1S/C10H12O4/c1-12-10(13-2)14-9(11)8-6-4-3-5-7-8/h3-7,10H,1-2H3. The average molecular weight is 196 g/mol. The van der Waals surface area contributed by atoms with Crippen molar-refractivity contribution in [1.29, 1.82) is 0 Å². The summed E-state index contributed by atoms with van der Waals surface area (Å²) in [5, 5.41) is 0. The number of carbonyl (C=O) groups excluding carboxylic acids is 1. The average Bonchev–Trinajstić information content (AvgIpc) is 2.26. The van der Waals surface area contributed by atoms with Crippen molar-refractivity contribution < 1.29 is 19.0 Å². The predicted molar refractivity (Wildman–Crippen MR) is 49.7 cm³/mol. The molecule has 0 spiro atoms. The summed E-state index contributed by atoms with van der Waals surface area (Å²) in [5.74, 6) is -0.473. The van der Waals surface area contributed by atoms with E-state index in [0.717, 1.165) is 0 Å². The van der Waals surface area contributed by atoms with E-state index in [1.807, 2.05) is 6.07 Å². The molecule has 0 saturated carbocycles. The largest absolute Gasteiger partial charge is 0.407 e. The molecule has 0 amide bonds. The maximum Gasteiger partial charge on any atom is 0.342 e. The van der Waals surface area contributed by atoms with Gasteiger partial charge in [-0.3, -0.25) is 0 Å². The van der Waals surface area contributed by atoms with Crippen molar-refractivity contribution in [3.8, 4) is 0 Å². The Bertz CT molecular complexity index is 279. The number of hydrogen-bond donors (Lipinski definition) is 0. The molecule has 0 aliphatic heterocycles. The molecule has 0 saturated heterocycles. The molecule has 0 aromatic heterocycles. The Balaban J connectivity index is 2.59. The lowest BCUT2D eigenvalue weighted by Gasteiger charge is -2.13. The van der Waals surface area contributed by atoms with E-state index in [9.17, 15) is 4.79 Å². The highest BCUT2D eigenvalue weighted by Gasteiger charge is 2.13. The topological polar surface area (TPSA) is 44.8 Å². The molecule has 0 radical (unpaired) electrons. The molecule has 0 aliphatic rings. The fourth-order valence-electron chi connectivity index (χ4n) is 0.922. The number of rotatable bonds is 4. The van der Waals surface area contributed by atoms with Crippen LogP contribution >= 0.6 is 0 Å². The monoisotopic (exact) mass is 196 g/mol. The van der Waals surface area contributed by atoms with Gasteiger partial charge in [-0.2, -0.15) is 0 Å². The molecule has 0 unspecified atom stereocenters. The van der Waals surface area contributed by atoms with E-state index in [2.05, 4.69) is 0 Å². The van der Waals surface area contributed by atoms with Gasteiger partial charge in [-0.15, -0.1) is 0 Å². The van der Waals surface area contributed by atoms with Crippen molar-refractivity contribution in [2.45, 2.75) is 6.48 Å². The third-order valence-corrected chi connectivity index (χ3v) is 1.60. The highest BCUT2D eigenvalue weighted by atomic mass is 16.8. The molecule has 0 heterocycles. The maximum absolute atomic E-state index is 11.4. The van der Waals surface area contributed by atoms with Gasteiger partial charge < -0.3 is 14.2 Å². The summed E-state index contributed by atoms with van der Waals surface area (Å²) < 4.78 is 14.3. The molecule has 1 rings (SSSR count). The molecule has 1 aromatic rings. The fourth-order valence-corrected chi connectivity index (χ4v) is 0.922. The van der Waals surface area contributed by atoms with Crippen LogP contribution in [-0.2, 0) is 14.2 Å². The van der Waals surface area contributed by atoms with Crippen molar-refractivity contribution in [3.63, 3.8) is 0 Å². The van der Waals surface area contributed by atoms with E-state index >= 15 is 0 Å². The second kappa shape index (κ2) is 5.36. The lowest BCUT2D eigenvalue weighted by atomic mass is 10.2. The predicted octanol–water partition coefficient (Wildman–Crippen LogP) is 1.42. The van der Waals surface area contributed by atoms with Crippen LogP contribution in [0.4, 0.5) is 0 Å². The minimum Gasteiger partial charge on any atom is -0.407 e. The molecule has 0 N–H and O–H groups in total. The van der Waals surface area contributed by atoms with E-state index in [1.54, 1.807) is 24.3 Å². The van der Waals surface area contributed by atoms with Gasteiger partial charge in [0, 0.05) is 14.2 Å². The van der Waals surface area contributed by atoms with Crippen molar-refractivity contribution in [1.82, 2.24) is 0 Å². The van der Waals surface area contributed by atoms with Crippen LogP contribution in [0.25, 0.3) is 0 Å². The van der Waals surface area contributed by atoms with Crippen LogP contribution in [0.15, 0.2) is 30.3 Å². The highest BCUT2D eigenvalue weighted by Crippen LogP contribution is 2.04. The molecule has 14 heavy (non-hydrogen) atoms. The summed E-state index contributed by atoms with van der Waals surface area (Å²) in [4.78, 5) is 11.4. The van der Waals surface area contributed by atoms with E-state index in [1.165, 1.54) is 14.2 Å². The number of hydrogen-bond acceptors (Lipinski definition) is 4. The molecule has 4 heteroatoms. The normalized spacial score (nSPS) is 10.2. The first-order valence-corrected chi connectivity index (χ1v) is 4.09. The zero-order chi connectivity index (χ0) is 10.4. The third kappa shape index (κ3) is 2.83. The van der Waals surface area contributed by atoms with E-state index in [-0.39, 0.29) is 0 Å². The zero-order valence-electron chi connectivity index (χ0n) is 8.10. The molecule has 0 atom stereocenters. The van der Waals surface area contributed by atoms with Crippen LogP contribution in [0.2, 0.25) is 0 Å². The zero-order valence-corrected chi connectivity index (χ0v) is 8.10. The highest BCUT2D eigenvalue weighted by molar-refractivity contribution is 5.89. The fraction of sp³-hybridized carbons (Fsp3) is 0.300. The van der Waals surface area contributed by atoms with Crippen molar-refractivity contribution in [2.75, 3.05) is 14.2 Å².